The molecule has 0 amide bonds. The smallest absolute Gasteiger partial charge is 0.118 e. The van der Waals surface area contributed by atoms with Gasteiger partial charge in [0, 0.05) is 5.56 Å². The van der Waals surface area contributed by atoms with Crippen molar-refractivity contribution >= 4 is 0 Å². The predicted molar refractivity (Wildman–Crippen MR) is 107 cm³/mol. The van der Waals surface area contributed by atoms with Crippen molar-refractivity contribution in [2.75, 3.05) is 7.11 Å². The molecule has 0 N–H and O–H groups in total. The Morgan fingerprint density at radius 1 is 0.926 bits per heavy atom. The Hall–Kier alpha value is -2.78. The maximum Gasteiger partial charge on any atom is 0.118 e. The minimum Gasteiger partial charge on any atom is -0.497 e. The van der Waals surface area contributed by atoms with Gasteiger partial charge in [0.15, 0.2) is 0 Å². The third-order valence-corrected chi connectivity index (χ3v) is 5.85. The summed E-state index contributed by atoms with van der Waals surface area (Å²) in [4.78, 5) is 0. The molecule has 3 heteroatoms. The third kappa shape index (κ3) is 3.99. The Morgan fingerprint density at radius 2 is 1.59 bits per heavy atom. The van der Waals surface area contributed by atoms with Crippen LogP contribution in [-0.4, -0.2) is 7.11 Å². The summed E-state index contributed by atoms with van der Waals surface area (Å²) in [5.41, 5.74) is 3.86. The van der Waals surface area contributed by atoms with Gasteiger partial charge in [-0.2, -0.15) is 10.5 Å². The first kappa shape index (κ1) is 19.0. The largest absolute Gasteiger partial charge is 0.497 e. The molecule has 0 saturated heterocycles. The quantitative estimate of drug-likeness (QED) is 0.641. The van der Waals surface area contributed by atoms with Crippen LogP contribution < -0.4 is 4.74 Å². The molecule has 3 rings (SSSR count). The normalized spacial score (nSPS) is 19.1. The van der Waals surface area contributed by atoms with Gasteiger partial charge in [0.1, 0.15) is 17.9 Å². The van der Waals surface area contributed by atoms with E-state index < -0.39 is 0 Å². The molecule has 1 aliphatic carbocycles. The summed E-state index contributed by atoms with van der Waals surface area (Å²) in [5.74, 6) is 1.99. The van der Waals surface area contributed by atoms with Crippen LogP contribution in [0.25, 0.3) is 11.1 Å². The molecule has 0 radical (unpaired) electrons. The number of methoxy groups -OCH3 is 1. The molecular weight excluding hydrogens is 332 g/mol. The van der Waals surface area contributed by atoms with Crippen LogP contribution in [0.1, 0.15) is 68.1 Å². The fraction of sp³-hybridized carbons (Fsp3) is 0.417. The summed E-state index contributed by atoms with van der Waals surface area (Å²) in [6, 6.07) is 16.3. The van der Waals surface area contributed by atoms with E-state index in [9.17, 15) is 10.5 Å². The fourth-order valence-electron chi connectivity index (χ4n) is 4.38. The average molecular weight is 358 g/mol. The lowest BCUT2D eigenvalue weighted by atomic mass is 9.75. The molecule has 138 valence electrons. The second kappa shape index (κ2) is 8.74. The molecule has 0 heterocycles. The maximum atomic E-state index is 9.83. The summed E-state index contributed by atoms with van der Waals surface area (Å²) in [6.07, 6.45) is 7.24. The van der Waals surface area contributed by atoms with Gasteiger partial charge in [-0.1, -0.05) is 44.0 Å². The van der Waals surface area contributed by atoms with Gasteiger partial charge in [-0.3, -0.25) is 0 Å². The standard InChI is InChI=1S/C24H26N2O/c1-3-4-17-5-7-18(8-6-17)21-13-14-22(24(16-26)23(21)15-25)19-9-11-20(27-2)12-10-19/h9-14,17-18H,3-8H2,1-2H3/t17-,18-. The van der Waals surface area contributed by atoms with Gasteiger partial charge in [-0.05, 0) is 60.8 Å². The molecule has 2 aromatic carbocycles. The minimum absolute atomic E-state index is 0.393. The van der Waals surface area contributed by atoms with E-state index >= 15 is 0 Å². The van der Waals surface area contributed by atoms with Gasteiger partial charge in [0.05, 0.1) is 18.2 Å². The highest BCUT2D eigenvalue weighted by atomic mass is 16.5. The molecule has 2 aromatic rings. The molecule has 0 aliphatic heterocycles. The van der Waals surface area contributed by atoms with Crippen LogP contribution in [0.2, 0.25) is 0 Å². The summed E-state index contributed by atoms with van der Waals surface area (Å²) in [5, 5.41) is 19.6. The number of rotatable bonds is 5. The van der Waals surface area contributed by atoms with E-state index in [0.29, 0.717) is 17.0 Å². The zero-order valence-corrected chi connectivity index (χ0v) is 16.2. The van der Waals surface area contributed by atoms with Crippen LogP contribution in [0.15, 0.2) is 36.4 Å². The summed E-state index contributed by atoms with van der Waals surface area (Å²) < 4.78 is 5.21. The molecule has 1 aliphatic rings. The molecule has 0 unspecified atom stereocenters. The van der Waals surface area contributed by atoms with Gasteiger partial charge in [-0.25, -0.2) is 0 Å². The van der Waals surface area contributed by atoms with Crippen molar-refractivity contribution in [1.82, 2.24) is 0 Å². The predicted octanol–water partition coefficient (Wildman–Crippen LogP) is 6.18. The van der Waals surface area contributed by atoms with Crippen LogP contribution in [0.4, 0.5) is 0 Å². The molecule has 0 aromatic heterocycles. The van der Waals surface area contributed by atoms with E-state index in [2.05, 4.69) is 25.1 Å². The second-order valence-electron chi connectivity index (χ2n) is 7.41. The topological polar surface area (TPSA) is 56.8 Å². The molecule has 27 heavy (non-hydrogen) atoms. The van der Waals surface area contributed by atoms with Crippen molar-refractivity contribution < 1.29 is 4.74 Å². The van der Waals surface area contributed by atoms with Crippen molar-refractivity contribution in [1.29, 1.82) is 10.5 Å². The van der Waals surface area contributed by atoms with E-state index in [1.807, 2.05) is 30.3 Å². The number of nitriles is 2. The first-order valence-corrected chi connectivity index (χ1v) is 9.83. The van der Waals surface area contributed by atoms with Crippen LogP contribution in [0.3, 0.4) is 0 Å². The Bertz CT molecular complexity index is 863. The number of nitrogens with zero attached hydrogens (tertiary/aromatic N) is 2. The van der Waals surface area contributed by atoms with Gasteiger partial charge in [0.2, 0.25) is 0 Å². The molecule has 1 fully saturated rings. The minimum atomic E-state index is 0.393. The highest BCUT2D eigenvalue weighted by Gasteiger charge is 2.25. The Balaban J connectivity index is 1.94. The van der Waals surface area contributed by atoms with E-state index in [-0.39, 0.29) is 0 Å². The Labute approximate surface area is 162 Å². The lowest BCUT2D eigenvalue weighted by Gasteiger charge is -2.29. The van der Waals surface area contributed by atoms with E-state index in [1.54, 1.807) is 7.11 Å². The van der Waals surface area contributed by atoms with Crippen molar-refractivity contribution in [2.45, 2.75) is 51.4 Å². The van der Waals surface area contributed by atoms with Crippen molar-refractivity contribution in [3.63, 3.8) is 0 Å². The van der Waals surface area contributed by atoms with Crippen LogP contribution >= 0.6 is 0 Å². The van der Waals surface area contributed by atoms with Crippen LogP contribution in [0, 0.1) is 28.6 Å². The molecule has 0 spiro atoms. The van der Waals surface area contributed by atoms with Gasteiger partial charge >= 0.3 is 0 Å². The van der Waals surface area contributed by atoms with Crippen LogP contribution in [-0.2, 0) is 0 Å². The number of ether oxygens (including phenoxy) is 1. The van der Waals surface area contributed by atoms with E-state index in [0.717, 1.165) is 41.2 Å². The summed E-state index contributed by atoms with van der Waals surface area (Å²) in [6.45, 7) is 2.25. The lowest BCUT2D eigenvalue weighted by molar-refractivity contribution is 0.308. The first-order valence-electron chi connectivity index (χ1n) is 9.83. The SMILES string of the molecule is CCC[C@H]1CC[C@H](c2ccc(-c3ccc(OC)cc3)c(C#N)c2C#N)CC1. The highest BCUT2D eigenvalue weighted by Crippen LogP contribution is 2.40. The molecule has 0 atom stereocenters. The molecule has 1 saturated carbocycles. The van der Waals surface area contributed by atoms with E-state index in [4.69, 9.17) is 4.74 Å². The van der Waals surface area contributed by atoms with Crippen molar-refractivity contribution in [3.05, 3.63) is 53.1 Å². The Kier molecular flexibility index (Phi) is 6.15. The summed E-state index contributed by atoms with van der Waals surface area (Å²) in [7, 11) is 1.63. The van der Waals surface area contributed by atoms with Gasteiger partial charge < -0.3 is 4.74 Å². The fourth-order valence-corrected chi connectivity index (χ4v) is 4.38. The molecule has 0 bridgehead atoms. The van der Waals surface area contributed by atoms with Crippen molar-refractivity contribution in [2.24, 2.45) is 5.92 Å². The number of benzene rings is 2. The average Bonchev–Trinajstić information content (AvgIpc) is 2.73. The van der Waals surface area contributed by atoms with Crippen molar-refractivity contribution in [3.8, 4) is 29.0 Å². The zero-order valence-electron chi connectivity index (χ0n) is 16.2. The molecular formula is C24H26N2O. The van der Waals surface area contributed by atoms with Gasteiger partial charge in [0.25, 0.3) is 0 Å². The lowest BCUT2D eigenvalue weighted by Crippen LogP contribution is -2.14. The van der Waals surface area contributed by atoms with E-state index in [1.165, 1.54) is 25.7 Å². The Morgan fingerprint density at radius 3 is 2.15 bits per heavy atom. The first-order chi connectivity index (χ1) is 13.2. The zero-order chi connectivity index (χ0) is 19.2. The summed E-state index contributed by atoms with van der Waals surface area (Å²) >= 11 is 0. The highest BCUT2D eigenvalue weighted by molar-refractivity contribution is 5.75. The number of hydrogen-bond acceptors (Lipinski definition) is 3. The monoisotopic (exact) mass is 358 g/mol. The maximum absolute atomic E-state index is 9.83. The van der Waals surface area contributed by atoms with Gasteiger partial charge in [-0.15, -0.1) is 0 Å². The second-order valence-corrected chi connectivity index (χ2v) is 7.41. The van der Waals surface area contributed by atoms with Crippen LogP contribution in [0.5, 0.6) is 5.75 Å². The number of hydrogen-bond donors (Lipinski definition) is 0. The third-order valence-electron chi connectivity index (χ3n) is 5.85. The molecule has 3 nitrogen and oxygen atoms in total.